The summed E-state index contributed by atoms with van der Waals surface area (Å²) in [6, 6.07) is 18.6. The van der Waals surface area contributed by atoms with E-state index < -0.39 is 0 Å². The maximum absolute atomic E-state index is 12.7. The Bertz CT molecular complexity index is 1120. The minimum atomic E-state index is -0.374. The molecule has 0 atom stereocenters. The molecule has 3 aromatic rings. The number of carbonyl (C=O) groups is 1. The summed E-state index contributed by atoms with van der Waals surface area (Å²) in [6.07, 6.45) is 0. The number of aliphatic imine (C=N–C) groups is 1. The minimum Gasteiger partial charge on any atom is -0.368 e. The first kappa shape index (κ1) is 22.5. The molecular weight excluding hydrogens is 438 g/mol. The van der Waals surface area contributed by atoms with E-state index in [9.17, 15) is 4.79 Å². The quantitative estimate of drug-likeness (QED) is 0.444. The maximum atomic E-state index is 12.7. The number of hydrogen-bond donors (Lipinski definition) is 2. The third kappa shape index (κ3) is 6.20. The van der Waals surface area contributed by atoms with Gasteiger partial charge in [-0.1, -0.05) is 35.9 Å². The van der Waals surface area contributed by atoms with E-state index >= 15 is 0 Å². The third-order valence-corrected chi connectivity index (χ3v) is 5.42. The van der Waals surface area contributed by atoms with Crippen molar-refractivity contribution in [3.63, 3.8) is 0 Å². The second kappa shape index (κ2) is 10.3. The number of nitrogens with one attached hydrogen (secondary N) is 2. The Kier molecular flexibility index (Phi) is 7.04. The Balaban J connectivity index is 1.52. The number of amides is 2. The van der Waals surface area contributed by atoms with Gasteiger partial charge in [0.15, 0.2) is 0 Å². The van der Waals surface area contributed by atoms with Gasteiger partial charge < -0.3 is 15.1 Å². The fourth-order valence-electron chi connectivity index (χ4n) is 3.66. The van der Waals surface area contributed by atoms with Crippen LogP contribution in [0, 0.1) is 13.8 Å². The summed E-state index contributed by atoms with van der Waals surface area (Å²) in [7, 11) is 0. The van der Waals surface area contributed by atoms with E-state index in [0.29, 0.717) is 35.7 Å². The van der Waals surface area contributed by atoms with Gasteiger partial charge in [0.1, 0.15) is 0 Å². The normalized spacial score (nSPS) is 14.2. The molecule has 1 fully saturated rings. The van der Waals surface area contributed by atoms with E-state index in [1.165, 1.54) is 0 Å². The molecule has 1 aliphatic rings. The predicted octanol–water partition coefficient (Wildman–Crippen LogP) is 4.38. The summed E-state index contributed by atoms with van der Waals surface area (Å²) in [4.78, 5) is 30.4. The lowest BCUT2D eigenvalue weighted by atomic mass is 10.2. The Morgan fingerprint density at radius 1 is 0.939 bits per heavy atom. The number of anilines is 2. The molecule has 170 valence electrons. The maximum Gasteiger partial charge on any atom is 0.326 e. The van der Waals surface area contributed by atoms with Gasteiger partial charge >= 0.3 is 6.03 Å². The first-order valence-electron chi connectivity index (χ1n) is 10.8. The fraction of sp³-hybridized carbons (Fsp3) is 0.250. The highest BCUT2D eigenvalue weighted by Gasteiger charge is 2.22. The predicted molar refractivity (Wildman–Crippen MR) is 132 cm³/mol. The molecule has 8 nitrogen and oxygen atoms in total. The average molecular weight is 464 g/mol. The molecule has 2 aromatic carbocycles. The Hall–Kier alpha value is -3.65. The van der Waals surface area contributed by atoms with Crippen molar-refractivity contribution in [2.75, 3.05) is 36.4 Å². The fourth-order valence-corrected chi connectivity index (χ4v) is 3.85. The van der Waals surface area contributed by atoms with Gasteiger partial charge in [-0.3, -0.25) is 5.32 Å². The molecule has 0 spiro atoms. The van der Waals surface area contributed by atoms with Gasteiger partial charge in [-0.2, -0.15) is 4.99 Å². The number of rotatable bonds is 3. The van der Waals surface area contributed by atoms with E-state index in [0.717, 1.165) is 30.2 Å². The second-order valence-corrected chi connectivity index (χ2v) is 8.22. The van der Waals surface area contributed by atoms with Crippen LogP contribution in [-0.2, 0) is 0 Å². The summed E-state index contributed by atoms with van der Waals surface area (Å²) < 4.78 is 0. The summed E-state index contributed by atoms with van der Waals surface area (Å²) in [5, 5.41) is 6.44. The monoisotopic (exact) mass is 463 g/mol. The molecule has 2 heterocycles. The number of benzene rings is 2. The van der Waals surface area contributed by atoms with Gasteiger partial charge in [0, 0.05) is 54.0 Å². The molecule has 2 N–H and O–H groups in total. The van der Waals surface area contributed by atoms with Crippen LogP contribution in [0.2, 0.25) is 5.02 Å². The molecule has 0 aliphatic carbocycles. The Morgan fingerprint density at radius 2 is 1.64 bits per heavy atom. The number of halogens is 1. The van der Waals surface area contributed by atoms with Crippen molar-refractivity contribution in [3.05, 3.63) is 77.1 Å². The van der Waals surface area contributed by atoms with E-state index in [2.05, 4.69) is 30.5 Å². The zero-order chi connectivity index (χ0) is 23.2. The second-order valence-electron chi connectivity index (χ2n) is 7.79. The SMILES string of the molecule is Cc1cc(C)nc(/N=C(\NC(=O)Nc2ccccc2)N2CCN(c3cccc(Cl)c3)CC2)n1. The van der Waals surface area contributed by atoms with Crippen molar-refractivity contribution >= 4 is 40.9 Å². The lowest BCUT2D eigenvalue weighted by molar-refractivity contribution is 0.254. The van der Waals surface area contributed by atoms with Crippen LogP contribution in [0.3, 0.4) is 0 Å². The van der Waals surface area contributed by atoms with E-state index in [-0.39, 0.29) is 6.03 Å². The zero-order valence-corrected chi connectivity index (χ0v) is 19.4. The van der Waals surface area contributed by atoms with E-state index in [1.807, 2.05) is 79.4 Å². The molecule has 9 heteroatoms. The number of urea groups is 1. The van der Waals surface area contributed by atoms with Crippen LogP contribution in [0.15, 0.2) is 65.7 Å². The third-order valence-electron chi connectivity index (χ3n) is 5.19. The lowest BCUT2D eigenvalue weighted by Gasteiger charge is -2.37. The number of aromatic nitrogens is 2. The molecule has 0 saturated carbocycles. The molecule has 0 bridgehead atoms. The smallest absolute Gasteiger partial charge is 0.326 e. The molecule has 4 rings (SSSR count). The average Bonchev–Trinajstić information content (AvgIpc) is 2.79. The standard InChI is InChI=1S/C24H26ClN7O/c1-17-15-18(2)27-22(26-17)29-23(30-24(33)28-20-8-4-3-5-9-20)32-13-11-31(12-14-32)21-10-6-7-19(25)16-21/h3-10,15-16H,11-14H2,1-2H3,(H2,26,27,28,29,30,33). The molecule has 1 aliphatic heterocycles. The number of nitrogens with zero attached hydrogens (tertiary/aromatic N) is 5. The number of para-hydroxylation sites is 1. The highest BCUT2D eigenvalue weighted by Crippen LogP contribution is 2.21. The molecule has 0 unspecified atom stereocenters. The van der Waals surface area contributed by atoms with Crippen LogP contribution >= 0.6 is 11.6 Å². The summed E-state index contributed by atoms with van der Waals surface area (Å²) in [6.45, 7) is 6.65. The van der Waals surface area contributed by atoms with Crippen LogP contribution in [-0.4, -0.2) is 53.0 Å². The van der Waals surface area contributed by atoms with E-state index in [1.54, 1.807) is 0 Å². The summed E-state index contributed by atoms with van der Waals surface area (Å²) in [5.74, 6) is 0.735. The highest BCUT2D eigenvalue weighted by molar-refractivity contribution is 6.30. The molecule has 1 aromatic heterocycles. The van der Waals surface area contributed by atoms with Crippen molar-refractivity contribution in [2.24, 2.45) is 4.99 Å². The first-order chi connectivity index (χ1) is 16.0. The lowest BCUT2D eigenvalue weighted by Crippen LogP contribution is -2.54. The molecule has 2 amide bonds. The van der Waals surface area contributed by atoms with Gasteiger partial charge in [0.2, 0.25) is 5.96 Å². The first-order valence-corrected chi connectivity index (χ1v) is 11.1. The number of aryl methyl sites for hydroxylation is 2. The van der Waals surface area contributed by atoms with Crippen LogP contribution in [0.1, 0.15) is 11.4 Å². The summed E-state index contributed by atoms with van der Waals surface area (Å²) >= 11 is 6.16. The molecule has 1 saturated heterocycles. The topological polar surface area (TPSA) is 85.7 Å². The zero-order valence-electron chi connectivity index (χ0n) is 18.6. The Labute approximate surface area is 198 Å². The molecule has 0 radical (unpaired) electrons. The van der Waals surface area contributed by atoms with Crippen LogP contribution < -0.4 is 15.5 Å². The minimum absolute atomic E-state index is 0.319. The van der Waals surface area contributed by atoms with Crippen LogP contribution in [0.4, 0.5) is 22.1 Å². The highest BCUT2D eigenvalue weighted by atomic mass is 35.5. The van der Waals surface area contributed by atoms with Crippen molar-refractivity contribution in [2.45, 2.75) is 13.8 Å². The number of piperazine rings is 1. The number of hydrogen-bond acceptors (Lipinski definition) is 5. The van der Waals surface area contributed by atoms with Crippen LogP contribution in [0.5, 0.6) is 0 Å². The van der Waals surface area contributed by atoms with Gasteiger partial charge in [-0.05, 0) is 50.2 Å². The van der Waals surface area contributed by atoms with Crippen molar-refractivity contribution < 1.29 is 4.79 Å². The largest absolute Gasteiger partial charge is 0.368 e. The number of carbonyl (C=O) groups excluding carboxylic acids is 1. The van der Waals surface area contributed by atoms with Crippen molar-refractivity contribution in [3.8, 4) is 0 Å². The summed E-state index contributed by atoms with van der Waals surface area (Å²) in [5.41, 5.74) is 3.41. The van der Waals surface area contributed by atoms with Crippen LogP contribution in [0.25, 0.3) is 0 Å². The van der Waals surface area contributed by atoms with Crippen molar-refractivity contribution in [1.82, 2.24) is 20.2 Å². The Morgan fingerprint density at radius 3 is 2.30 bits per heavy atom. The van der Waals surface area contributed by atoms with Gasteiger partial charge in [-0.25, -0.2) is 14.8 Å². The molecular formula is C24H26ClN7O. The van der Waals surface area contributed by atoms with Crippen molar-refractivity contribution in [1.29, 1.82) is 0 Å². The molecule has 33 heavy (non-hydrogen) atoms. The van der Waals surface area contributed by atoms with E-state index in [4.69, 9.17) is 11.6 Å². The van der Waals surface area contributed by atoms with Gasteiger partial charge in [-0.15, -0.1) is 0 Å². The van der Waals surface area contributed by atoms with Gasteiger partial charge in [0.05, 0.1) is 0 Å². The number of guanidine groups is 1. The van der Waals surface area contributed by atoms with Gasteiger partial charge in [0.25, 0.3) is 5.95 Å².